The molecule has 0 aliphatic carbocycles. The average Bonchev–Trinajstić information content (AvgIpc) is 2.95. The molecule has 3 aromatic rings. The predicted molar refractivity (Wildman–Crippen MR) is 159 cm³/mol. The maximum absolute atomic E-state index is 12.9. The summed E-state index contributed by atoms with van der Waals surface area (Å²) in [7, 11) is 0. The van der Waals surface area contributed by atoms with Gasteiger partial charge in [-0.2, -0.15) is 10.5 Å². The van der Waals surface area contributed by atoms with Crippen molar-refractivity contribution in [2.45, 2.75) is 26.7 Å². The number of carbonyl (C=O) groups excluding carboxylic acids is 2. The first-order valence-electron chi connectivity index (χ1n) is 12.9. The van der Waals surface area contributed by atoms with Crippen molar-refractivity contribution < 1.29 is 9.59 Å². The fraction of sp³-hybridized carbons (Fsp3) is 0.188. The first kappa shape index (κ1) is 29.2. The van der Waals surface area contributed by atoms with Crippen molar-refractivity contribution in [2.24, 2.45) is 0 Å². The molecule has 202 valence electrons. The number of rotatable bonds is 11. The Hall–Kier alpha value is -5.34. The largest absolute Gasteiger partial charge is 0.369 e. The van der Waals surface area contributed by atoms with Gasteiger partial charge in [-0.15, -0.1) is 0 Å². The highest BCUT2D eigenvalue weighted by Gasteiger charge is 2.12. The van der Waals surface area contributed by atoms with Gasteiger partial charge in [-0.3, -0.25) is 10.1 Å². The standard InChI is InChI=1S/C32H32N6O2/c1-24-10-6-7-13-29(24)35-32(40)37-30(36-31(39)17-14-26-11-4-3-5-12-26)23-27-15-16-28(22-25(27)2)38(20-8-18-33)21-9-19-34/h3-7,10-17,22-23H,8-9,20-21H2,1-2H3,(H,36,39)(H2,35,37,40)/b17-14+,30-23+. The van der Waals surface area contributed by atoms with E-state index in [0.29, 0.717) is 31.6 Å². The van der Waals surface area contributed by atoms with Gasteiger partial charge in [-0.05, 0) is 66.5 Å². The van der Waals surface area contributed by atoms with Gasteiger partial charge in [0.05, 0.1) is 25.0 Å². The molecule has 0 radical (unpaired) electrons. The minimum absolute atomic E-state index is 0.204. The van der Waals surface area contributed by atoms with Crippen molar-refractivity contribution in [1.29, 1.82) is 10.5 Å². The van der Waals surface area contributed by atoms with Crippen molar-refractivity contribution in [2.75, 3.05) is 23.3 Å². The molecule has 3 aromatic carbocycles. The summed E-state index contributed by atoms with van der Waals surface area (Å²) in [6, 6.07) is 26.4. The zero-order valence-electron chi connectivity index (χ0n) is 22.6. The Kier molecular flexibility index (Phi) is 11.1. The summed E-state index contributed by atoms with van der Waals surface area (Å²) in [6.45, 7) is 4.85. The van der Waals surface area contributed by atoms with Gasteiger partial charge in [0.15, 0.2) is 0 Å². The van der Waals surface area contributed by atoms with Crippen molar-refractivity contribution in [3.63, 3.8) is 0 Å². The maximum atomic E-state index is 12.9. The van der Waals surface area contributed by atoms with Crippen LogP contribution in [0.3, 0.4) is 0 Å². The van der Waals surface area contributed by atoms with Crippen LogP contribution in [0, 0.1) is 36.5 Å². The van der Waals surface area contributed by atoms with Crippen LogP contribution >= 0.6 is 0 Å². The van der Waals surface area contributed by atoms with Gasteiger partial charge >= 0.3 is 6.03 Å². The normalized spacial score (nSPS) is 10.8. The Labute approximate surface area is 235 Å². The van der Waals surface area contributed by atoms with Crippen LogP contribution in [0.2, 0.25) is 0 Å². The molecule has 0 atom stereocenters. The molecule has 0 aromatic heterocycles. The van der Waals surface area contributed by atoms with Gasteiger partial charge < -0.3 is 15.5 Å². The van der Waals surface area contributed by atoms with Crippen molar-refractivity contribution in [1.82, 2.24) is 10.6 Å². The van der Waals surface area contributed by atoms with Crippen LogP contribution in [0.15, 0.2) is 84.7 Å². The molecule has 0 aliphatic heterocycles. The van der Waals surface area contributed by atoms with Crippen LogP contribution in [-0.2, 0) is 4.79 Å². The van der Waals surface area contributed by atoms with E-state index in [1.54, 1.807) is 18.2 Å². The number of hydrogen-bond donors (Lipinski definition) is 3. The lowest BCUT2D eigenvalue weighted by Gasteiger charge is -2.23. The molecule has 0 saturated carbocycles. The smallest absolute Gasteiger partial charge is 0.324 e. The fourth-order valence-corrected chi connectivity index (χ4v) is 3.92. The highest BCUT2D eigenvalue weighted by atomic mass is 16.2. The molecule has 0 aliphatic rings. The number of nitrogens with zero attached hydrogens (tertiary/aromatic N) is 3. The number of carbonyl (C=O) groups is 2. The molecule has 8 heteroatoms. The lowest BCUT2D eigenvalue weighted by atomic mass is 10.1. The second-order valence-electron chi connectivity index (χ2n) is 9.03. The second-order valence-corrected chi connectivity index (χ2v) is 9.03. The lowest BCUT2D eigenvalue weighted by Crippen LogP contribution is -2.36. The summed E-state index contributed by atoms with van der Waals surface area (Å²) in [6.07, 6.45) is 5.48. The van der Waals surface area contributed by atoms with Crippen LogP contribution in [0.25, 0.3) is 12.2 Å². The van der Waals surface area contributed by atoms with E-state index in [4.69, 9.17) is 10.5 Å². The van der Waals surface area contributed by atoms with E-state index in [-0.39, 0.29) is 5.82 Å². The number of para-hydroxylation sites is 1. The van der Waals surface area contributed by atoms with Crippen LogP contribution in [0.4, 0.5) is 16.2 Å². The fourth-order valence-electron chi connectivity index (χ4n) is 3.92. The third-order valence-electron chi connectivity index (χ3n) is 6.03. The molecule has 3 amide bonds. The Morgan fingerprint density at radius 3 is 2.17 bits per heavy atom. The summed E-state index contributed by atoms with van der Waals surface area (Å²) < 4.78 is 0. The Morgan fingerprint density at radius 2 is 1.52 bits per heavy atom. The molecule has 3 N–H and O–H groups in total. The molecule has 40 heavy (non-hydrogen) atoms. The van der Waals surface area contributed by atoms with Gasteiger partial charge in [-0.1, -0.05) is 54.6 Å². The van der Waals surface area contributed by atoms with Crippen LogP contribution in [0.5, 0.6) is 0 Å². The van der Waals surface area contributed by atoms with E-state index in [1.807, 2.05) is 85.5 Å². The first-order chi connectivity index (χ1) is 19.4. The monoisotopic (exact) mass is 532 g/mol. The van der Waals surface area contributed by atoms with Crippen LogP contribution in [-0.4, -0.2) is 25.0 Å². The van der Waals surface area contributed by atoms with E-state index in [0.717, 1.165) is 27.9 Å². The zero-order chi connectivity index (χ0) is 28.7. The second kappa shape index (κ2) is 15.2. The highest BCUT2D eigenvalue weighted by molar-refractivity contribution is 5.96. The van der Waals surface area contributed by atoms with Gasteiger partial charge in [0, 0.05) is 30.5 Å². The molecule has 8 nitrogen and oxygen atoms in total. The van der Waals surface area contributed by atoms with E-state index in [9.17, 15) is 9.59 Å². The summed E-state index contributed by atoms with van der Waals surface area (Å²) in [4.78, 5) is 27.6. The number of nitrogens with one attached hydrogen (secondary N) is 3. The van der Waals surface area contributed by atoms with Crippen molar-refractivity contribution >= 4 is 35.5 Å². The number of urea groups is 1. The van der Waals surface area contributed by atoms with Crippen molar-refractivity contribution in [3.05, 3.63) is 107 Å². The summed E-state index contributed by atoms with van der Waals surface area (Å²) in [5.41, 5.74) is 5.00. The number of aryl methyl sites for hydroxylation is 2. The van der Waals surface area contributed by atoms with Crippen LogP contribution < -0.4 is 20.9 Å². The number of anilines is 2. The Balaban J connectivity index is 1.85. The molecule has 0 fully saturated rings. The quantitative estimate of drug-likeness (QED) is 0.266. The molecule has 0 saturated heterocycles. The maximum Gasteiger partial charge on any atom is 0.324 e. The minimum atomic E-state index is -0.499. The van der Waals surface area contributed by atoms with E-state index >= 15 is 0 Å². The highest BCUT2D eigenvalue weighted by Crippen LogP contribution is 2.22. The molecule has 3 rings (SSSR count). The summed E-state index contributed by atoms with van der Waals surface area (Å²) >= 11 is 0. The molecule has 0 heterocycles. The van der Waals surface area contributed by atoms with E-state index in [1.165, 1.54) is 6.08 Å². The number of nitriles is 2. The summed E-state index contributed by atoms with van der Waals surface area (Å²) in [5.74, 6) is -0.199. The minimum Gasteiger partial charge on any atom is -0.369 e. The SMILES string of the molecule is Cc1cc(N(CCC#N)CCC#N)ccc1/C=C(\NC(=O)/C=C/c1ccccc1)NC(=O)Nc1ccccc1C. The number of amides is 3. The Bertz CT molecular complexity index is 1450. The molecule has 0 unspecified atom stereocenters. The number of benzene rings is 3. The molecule has 0 spiro atoms. The number of hydrogen-bond acceptors (Lipinski definition) is 5. The lowest BCUT2D eigenvalue weighted by molar-refractivity contribution is -0.115. The van der Waals surface area contributed by atoms with E-state index in [2.05, 4.69) is 28.1 Å². The first-order valence-corrected chi connectivity index (χ1v) is 12.9. The zero-order valence-corrected chi connectivity index (χ0v) is 22.6. The molecule has 0 bridgehead atoms. The average molecular weight is 533 g/mol. The van der Waals surface area contributed by atoms with Gasteiger partial charge in [-0.25, -0.2) is 4.79 Å². The Morgan fingerprint density at radius 1 is 0.850 bits per heavy atom. The topological polar surface area (TPSA) is 121 Å². The van der Waals surface area contributed by atoms with Crippen molar-refractivity contribution in [3.8, 4) is 12.1 Å². The third-order valence-corrected chi connectivity index (χ3v) is 6.03. The van der Waals surface area contributed by atoms with Gasteiger partial charge in [0.1, 0.15) is 5.82 Å². The third kappa shape index (κ3) is 9.20. The van der Waals surface area contributed by atoms with E-state index < -0.39 is 11.9 Å². The van der Waals surface area contributed by atoms with Gasteiger partial charge in [0.25, 0.3) is 0 Å². The molecular formula is C32H32N6O2. The predicted octanol–water partition coefficient (Wildman–Crippen LogP) is 5.89. The molecular weight excluding hydrogens is 500 g/mol. The summed E-state index contributed by atoms with van der Waals surface area (Å²) in [5, 5.41) is 26.4. The van der Waals surface area contributed by atoms with Crippen LogP contribution in [0.1, 0.15) is 35.1 Å². The van der Waals surface area contributed by atoms with Gasteiger partial charge in [0.2, 0.25) is 5.91 Å².